The van der Waals surface area contributed by atoms with Gasteiger partial charge in [0.25, 0.3) is 5.91 Å². The van der Waals surface area contributed by atoms with Gasteiger partial charge >= 0.3 is 0 Å². The number of carbonyl (C=O) groups is 1. The number of hydrogen-bond acceptors (Lipinski definition) is 4. The van der Waals surface area contributed by atoms with Crippen LogP contribution >= 0.6 is 0 Å². The monoisotopic (exact) mass is 305 g/mol. The van der Waals surface area contributed by atoms with E-state index in [9.17, 15) is 4.79 Å². The number of benzene rings is 1. The molecule has 114 valence electrons. The Kier molecular flexibility index (Phi) is 3.27. The zero-order valence-corrected chi connectivity index (χ0v) is 12.4. The molecule has 3 aromatic rings. The van der Waals surface area contributed by atoms with Crippen molar-refractivity contribution in [2.75, 3.05) is 11.9 Å². The van der Waals surface area contributed by atoms with E-state index in [0.717, 1.165) is 29.1 Å². The van der Waals surface area contributed by atoms with Gasteiger partial charge in [0.2, 0.25) is 5.95 Å². The van der Waals surface area contributed by atoms with Crippen LogP contribution in [0.3, 0.4) is 0 Å². The summed E-state index contributed by atoms with van der Waals surface area (Å²) in [5, 5.41) is 6.00. The SMILES string of the molecule is O=C1NCCc2c1ccn2-c1cnc(Nc2ccccc2)nc1. The summed E-state index contributed by atoms with van der Waals surface area (Å²) in [5.41, 5.74) is 3.51. The fourth-order valence-electron chi connectivity index (χ4n) is 2.72. The molecule has 4 rings (SSSR count). The first kappa shape index (κ1) is 13.5. The predicted octanol–water partition coefficient (Wildman–Crippen LogP) is 2.30. The molecule has 0 atom stereocenters. The number of aromatic nitrogens is 3. The van der Waals surface area contributed by atoms with Crippen LogP contribution in [0.1, 0.15) is 16.1 Å². The highest BCUT2D eigenvalue weighted by molar-refractivity contribution is 5.96. The summed E-state index contributed by atoms with van der Waals surface area (Å²) in [4.78, 5) is 20.5. The molecule has 0 aliphatic carbocycles. The van der Waals surface area contributed by atoms with Crippen molar-refractivity contribution in [1.29, 1.82) is 0 Å². The molecule has 0 bridgehead atoms. The number of hydrogen-bond donors (Lipinski definition) is 2. The second kappa shape index (κ2) is 5.57. The molecule has 6 nitrogen and oxygen atoms in total. The van der Waals surface area contributed by atoms with Crippen LogP contribution < -0.4 is 10.6 Å². The van der Waals surface area contributed by atoms with Crippen LogP contribution in [0.2, 0.25) is 0 Å². The van der Waals surface area contributed by atoms with Crippen molar-refractivity contribution in [3.63, 3.8) is 0 Å². The smallest absolute Gasteiger partial charge is 0.253 e. The Labute approximate surface area is 133 Å². The third-order valence-electron chi connectivity index (χ3n) is 3.83. The molecular weight excluding hydrogens is 290 g/mol. The van der Waals surface area contributed by atoms with Crippen molar-refractivity contribution in [2.24, 2.45) is 0 Å². The van der Waals surface area contributed by atoms with Crippen LogP contribution in [-0.4, -0.2) is 27.0 Å². The van der Waals surface area contributed by atoms with E-state index >= 15 is 0 Å². The van der Waals surface area contributed by atoms with E-state index < -0.39 is 0 Å². The average molecular weight is 305 g/mol. The van der Waals surface area contributed by atoms with Gasteiger partial charge in [-0.1, -0.05) is 18.2 Å². The Morgan fingerprint density at radius 2 is 1.87 bits per heavy atom. The quantitative estimate of drug-likeness (QED) is 0.779. The highest BCUT2D eigenvalue weighted by Crippen LogP contribution is 2.20. The van der Waals surface area contributed by atoms with Gasteiger partial charge in [0.15, 0.2) is 0 Å². The Balaban J connectivity index is 1.60. The summed E-state index contributed by atoms with van der Waals surface area (Å²) < 4.78 is 1.97. The van der Waals surface area contributed by atoms with Crippen LogP contribution in [0, 0.1) is 0 Å². The minimum Gasteiger partial charge on any atom is -0.352 e. The van der Waals surface area contributed by atoms with Gasteiger partial charge in [0.1, 0.15) is 0 Å². The van der Waals surface area contributed by atoms with Gasteiger partial charge in [-0.3, -0.25) is 4.79 Å². The normalized spacial score (nSPS) is 13.3. The van der Waals surface area contributed by atoms with Gasteiger partial charge in [-0.05, 0) is 18.2 Å². The first-order chi connectivity index (χ1) is 11.3. The molecule has 2 N–H and O–H groups in total. The number of nitrogens with one attached hydrogen (secondary N) is 2. The number of anilines is 2. The van der Waals surface area contributed by atoms with Crippen LogP contribution in [0.4, 0.5) is 11.6 Å². The van der Waals surface area contributed by atoms with Crippen LogP contribution in [-0.2, 0) is 6.42 Å². The molecule has 0 fully saturated rings. The van der Waals surface area contributed by atoms with E-state index in [0.29, 0.717) is 12.5 Å². The zero-order chi connectivity index (χ0) is 15.6. The number of para-hydroxylation sites is 1. The predicted molar refractivity (Wildman–Crippen MR) is 87.1 cm³/mol. The summed E-state index contributed by atoms with van der Waals surface area (Å²) in [6.45, 7) is 0.657. The summed E-state index contributed by atoms with van der Waals surface area (Å²) in [7, 11) is 0. The van der Waals surface area contributed by atoms with Gasteiger partial charge in [0.05, 0.1) is 23.6 Å². The topological polar surface area (TPSA) is 71.8 Å². The third kappa shape index (κ3) is 2.55. The molecule has 23 heavy (non-hydrogen) atoms. The molecule has 1 aromatic carbocycles. The minimum absolute atomic E-state index is 0.0201. The van der Waals surface area contributed by atoms with Crippen molar-refractivity contribution in [3.05, 3.63) is 66.2 Å². The standard InChI is InChI=1S/C17H15N5O/c23-16-14-7-9-22(15(14)6-8-18-16)13-10-19-17(20-11-13)21-12-4-2-1-3-5-12/h1-5,7,9-11H,6,8H2,(H,18,23)(H,19,20,21). The second-order valence-corrected chi connectivity index (χ2v) is 5.31. The molecule has 1 aliphatic heterocycles. The minimum atomic E-state index is -0.0201. The third-order valence-corrected chi connectivity index (χ3v) is 3.83. The molecule has 0 radical (unpaired) electrons. The lowest BCUT2D eigenvalue weighted by Crippen LogP contribution is -2.32. The molecule has 1 aliphatic rings. The maximum atomic E-state index is 11.8. The summed E-state index contributed by atoms with van der Waals surface area (Å²) in [5.74, 6) is 0.520. The number of amides is 1. The van der Waals surface area contributed by atoms with E-state index in [1.165, 1.54) is 0 Å². The maximum absolute atomic E-state index is 11.8. The lowest BCUT2D eigenvalue weighted by molar-refractivity contribution is 0.0945. The Bertz CT molecular complexity index is 839. The fraction of sp³-hybridized carbons (Fsp3) is 0.118. The summed E-state index contributed by atoms with van der Waals surface area (Å²) >= 11 is 0. The van der Waals surface area contributed by atoms with Crippen molar-refractivity contribution >= 4 is 17.5 Å². The molecule has 0 saturated carbocycles. The lowest BCUT2D eigenvalue weighted by Gasteiger charge is -2.16. The number of nitrogens with zero attached hydrogens (tertiary/aromatic N) is 3. The lowest BCUT2D eigenvalue weighted by atomic mass is 10.1. The van der Waals surface area contributed by atoms with Crippen molar-refractivity contribution in [3.8, 4) is 5.69 Å². The van der Waals surface area contributed by atoms with Crippen LogP contribution in [0.25, 0.3) is 5.69 Å². The molecule has 0 saturated heterocycles. The molecule has 0 spiro atoms. The Morgan fingerprint density at radius 1 is 1.09 bits per heavy atom. The van der Waals surface area contributed by atoms with Crippen molar-refractivity contribution < 1.29 is 4.79 Å². The number of carbonyl (C=O) groups excluding carboxylic acids is 1. The molecule has 0 unspecified atom stereocenters. The first-order valence-corrected chi connectivity index (χ1v) is 7.44. The summed E-state index contributed by atoms with van der Waals surface area (Å²) in [6.07, 6.45) is 6.20. The van der Waals surface area contributed by atoms with Crippen molar-refractivity contribution in [1.82, 2.24) is 19.9 Å². The van der Waals surface area contributed by atoms with E-state index in [1.54, 1.807) is 12.4 Å². The Morgan fingerprint density at radius 3 is 2.65 bits per heavy atom. The number of fused-ring (bicyclic) bond motifs is 1. The largest absolute Gasteiger partial charge is 0.352 e. The summed E-state index contributed by atoms with van der Waals surface area (Å²) in [6, 6.07) is 11.6. The van der Waals surface area contributed by atoms with Gasteiger partial charge in [-0.25, -0.2) is 9.97 Å². The van der Waals surface area contributed by atoms with Crippen molar-refractivity contribution in [2.45, 2.75) is 6.42 Å². The highest BCUT2D eigenvalue weighted by Gasteiger charge is 2.20. The van der Waals surface area contributed by atoms with Gasteiger partial charge in [-0.15, -0.1) is 0 Å². The highest BCUT2D eigenvalue weighted by atomic mass is 16.1. The first-order valence-electron chi connectivity index (χ1n) is 7.44. The maximum Gasteiger partial charge on any atom is 0.253 e. The van der Waals surface area contributed by atoms with Gasteiger partial charge < -0.3 is 15.2 Å². The molecular formula is C17H15N5O. The van der Waals surface area contributed by atoms with Crippen LogP contribution in [0.5, 0.6) is 0 Å². The Hall–Kier alpha value is -3.15. The van der Waals surface area contributed by atoms with E-state index in [2.05, 4.69) is 20.6 Å². The van der Waals surface area contributed by atoms with E-state index in [4.69, 9.17) is 0 Å². The molecule has 2 aromatic heterocycles. The van der Waals surface area contributed by atoms with E-state index in [1.807, 2.05) is 47.2 Å². The zero-order valence-electron chi connectivity index (χ0n) is 12.4. The fourth-order valence-corrected chi connectivity index (χ4v) is 2.72. The molecule has 1 amide bonds. The molecule has 3 heterocycles. The van der Waals surface area contributed by atoms with Gasteiger partial charge in [-0.2, -0.15) is 0 Å². The average Bonchev–Trinajstić information content (AvgIpc) is 3.02. The van der Waals surface area contributed by atoms with Gasteiger partial charge in [0, 0.05) is 30.5 Å². The molecule has 6 heteroatoms. The second-order valence-electron chi connectivity index (χ2n) is 5.31. The van der Waals surface area contributed by atoms with E-state index in [-0.39, 0.29) is 5.91 Å². The van der Waals surface area contributed by atoms with Crippen LogP contribution in [0.15, 0.2) is 55.0 Å². The number of rotatable bonds is 3.